The van der Waals surface area contributed by atoms with Crippen molar-refractivity contribution in [3.05, 3.63) is 46.3 Å². The molecule has 31 heavy (non-hydrogen) atoms. The Hall–Kier alpha value is -3.29. The number of esters is 2. The first-order valence-corrected chi connectivity index (χ1v) is 10.1. The van der Waals surface area contributed by atoms with Gasteiger partial charge in [0, 0.05) is 22.9 Å². The maximum absolute atomic E-state index is 13.5. The summed E-state index contributed by atoms with van der Waals surface area (Å²) in [5.74, 6) is -3.48. The van der Waals surface area contributed by atoms with Gasteiger partial charge in [-0.1, -0.05) is 13.0 Å². The smallest absolute Gasteiger partial charge is 0.336 e. The zero-order valence-corrected chi connectivity index (χ0v) is 18.3. The molecular weight excluding hydrogens is 402 g/mol. The van der Waals surface area contributed by atoms with Crippen molar-refractivity contribution in [2.75, 3.05) is 20.8 Å². The summed E-state index contributed by atoms with van der Waals surface area (Å²) in [7, 11) is 2.68. The van der Waals surface area contributed by atoms with Crippen LogP contribution in [-0.2, 0) is 23.9 Å². The number of carbonyl (C=O) groups is 3. The molecule has 3 atom stereocenters. The number of ether oxygens (including phenoxy) is 3. The lowest BCUT2D eigenvalue weighted by Crippen LogP contribution is -2.43. The Bertz CT molecular complexity index is 992. The molecule has 166 valence electrons. The quantitative estimate of drug-likeness (QED) is 0.543. The molecule has 2 N–H and O–H groups in total. The van der Waals surface area contributed by atoms with E-state index in [1.165, 1.54) is 20.3 Å². The molecule has 3 rings (SSSR count). The molecule has 1 aliphatic heterocycles. The van der Waals surface area contributed by atoms with Crippen LogP contribution in [0.5, 0.6) is 11.5 Å². The van der Waals surface area contributed by atoms with Crippen molar-refractivity contribution < 1.29 is 33.7 Å². The lowest BCUT2D eigenvalue weighted by molar-refractivity contribution is -0.151. The van der Waals surface area contributed by atoms with E-state index in [0.29, 0.717) is 29.0 Å². The fraction of sp³-hybridized carbons (Fsp3) is 0.435. The van der Waals surface area contributed by atoms with Gasteiger partial charge in [-0.05, 0) is 43.9 Å². The minimum Gasteiger partial charge on any atom is -0.504 e. The highest BCUT2D eigenvalue weighted by atomic mass is 16.5. The third-order valence-electron chi connectivity index (χ3n) is 5.77. The number of benzene rings is 1. The van der Waals surface area contributed by atoms with Gasteiger partial charge >= 0.3 is 11.9 Å². The molecule has 1 aliphatic carbocycles. The first-order chi connectivity index (χ1) is 14.7. The summed E-state index contributed by atoms with van der Waals surface area (Å²) in [6, 6.07) is 4.72. The van der Waals surface area contributed by atoms with E-state index >= 15 is 0 Å². The van der Waals surface area contributed by atoms with Crippen molar-refractivity contribution >= 4 is 17.7 Å². The second-order valence-electron chi connectivity index (χ2n) is 7.69. The molecule has 0 bridgehead atoms. The summed E-state index contributed by atoms with van der Waals surface area (Å²) in [6.07, 6.45) is 0.437. The van der Waals surface area contributed by atoms with Gasteiger partial charge in [-0.25, -0.2) is 4.79 Å². The molecule has 0 fully saturated rings. The van der Waals surface area contributed by atoms with Crippen LogP contribution in [0.15, 0.2) is 40.7 Å². The SMILES string of the molecule is CCOC(=O)C1=C(C)NC2=C(C(=O)[C@@H](C(=O)OC)[C@@H](C)C2)[C@@H]1c1ccc(OC)c(O)c1. The van der Waals surface area contributed by atoms with Gasteiger partial charge in [-0.15, -0.1) is 0 Å². The third-order valence-corrected chi connectivity index (χ3v) is 5.77. The standard InChI is InChI=1S/C23H27NO7/c1-6-31-23(28)18-12(3)24-14-9-11(2)17(22(27)30-5)21(26)20(14)19(18)13-7-8-16(29-4)15(25)10-13/h7-8,10-11,17,19,24-25H,6,9H2,1-5H3/t11-,17-,19+/m0/s1. The molecule has 0 unspecified atom stereocenters. The van der Waals surface area contributed by atoms with Gasteiger partial charge < -0.3 is 24.6 Å². The monoisotopic (exact) mass is 429 g/mol. The van der Waals surface area contributed by atoms with E-state index in [2.05, 4.69) is 5.32 Å². The molecule has 0 aromatic heterocycles. The average molecular weight is 429 g/mol. The maximum Gasteiger partial charge on any atom is 0.336 e. The molecule has 0 saturated heterocycles. The molecule has 8 nitrogen and oxygen atoms in total. The van der Waals surface area contributed by atoms with Gasteiger partial charge in [-0.3, -0.25) is 9.59 Å². The van der Waals surface area contributed by atoms with Crippen LogP contribution in [-0.4, -0.2) is 43.7 Å². The van der Waals surface area contributed by atoms with E-state index in [0.717, 1.165) is 0 Å². The largest absolute Gasteiger partial charge is 0.504 e. The van der Waals surface area contributed by atoms with Crippen LogP contribution in [0.3, 0.4) is 0 Å². The number of hydrogen-bond acceptors (Lipinski definition) is 8. The predicted molar refractivity (Wildman–Crippen MR) is 111 cm³/mol. The van der Waals surface area contributed by atoms with Crippen LogP contribution in [0.25, 0.3) is 0 Å². The van der Waals surface area contributed by atoms with E-state index in [1.807, 2.05) is 6.92 Å². The summed E-state index contributed by atoms with van der Waals surface area (Å²) >= 11 is 0. The van der Waals surface area contributed by atoms with Crippen molar-refractivity contribution in [1.29, 1.82) is 0 Å². The Morgan fingerprint density at radius 3 is 2.55 bits per heavy atom. The van der Waals surface area contributed by atoms with E-state index < -0.39 is 29.6 Å². The maximum atomic E-state index is 13.5. The molecule has 0 amide bonds. The summed E-state index contributed by atoms with van der Waals surface area (Å²) < 4.78 is 15.3. The number of rotatable bonds is 5. The zero-order chi connectivity index (χ0) is 22.9. The topological polar surface area (TPSA) is 111 Å². The van der Waals surface area contributed by atoms with Crippen LogP contribution >= 0.6 is 0 Å². The first kappa shape index (κ1) is 22.4. The van der Waals surface area contributed by atoms with Gasteiger partial charge in [0.05, 0.1) is 26.4 Å². The minimum absolute atomic E-state index is 0.123. The summed E-state index contributed by atoms with van der Waals surface area (Å²) in [5, 5.41) is 13.5. The van der Waals surface area contributed by atoms with Gasteiger partial charge in [0.25, 0.3) is 0 Å². The van der Waals surface area contributed by atoms with Crippen molar-refractivity contribution in [3.63, 3.8) is 0 Å². The second-order valence-corrected chi connectivity index (χ2v) is 7.69. The number of allylic oxidation sites excluding steroid dienone is 3. The van der Waals surface area contributed by atoms with Crippen LogP contribution in [0.4, 0.5) is 0 Å². The second kappa shape index (κ2) is 8.83. The highest BCUT2D eigenvalue weighted by Gasteiger charge is 2.47. The zero-order valence-electron chi connectivity index (χ0n) is 18.3. The number of Topliss-reactive ketones (excluding diaryl/α,β-unsaturated/α-hetero) is 1. The number of methoxy groups -OCH3 is 2. The van der Waals surface area contributed by atoms with Crippen molar-refractivity contribution in [1.82, 2.24) is 5.32 Å². The first-order valence-electron chi connectivity index (χ1n) is 10.1. The molecule has 0 saturated carbocycles. The number of aromatic hydroxyl groups is 1. The molecule has 1 aromatic carbocycles. The van der Waals surface area contributed by atoms with E-state index in [1.54, 1.807) is 26.0 Å². The normalized spacial score (nSPS) is 23.1. The summed E-state index contributed by atoms with van der Waals surface area (Å²) in [4.78, 5) is 38.8. The molecule has 2 aliphatic rings. The highest BCUT2D eigenvalue weighted by molar-refractivity contribution is 6.12. The Labute approximate surface area is 180 Å². The Balaban J connectivity index is 2.21. The Kier molecular flexibility index (Phi) is 6.38. The number of nitrogens with one attached hydrogen (secondary N) is 1. The third kappa shape index (κ3) is 3.89. The van der Waals surface area contributed by atoms with Crippen LogP contribution in [0.2, 0.25) is 0 Å². The molecule has 0 spiro atoms. The van der Waals surface area contributed by atoms with Crippen molar-refractivity contribution in [2.45, 2.75) is 33.1 Å². The fourth-order valence-corrected chi connectivity index (χ4v) is 4.38. The van der Waals surface area contributed by atoms with E-state index in [4.69, 9.17) is 14.2 Å². The van der Waals surface area contributed by atoms with E-state index in [-0.39, 0.29) is 29.6 Å². The lowest BCUT2D eigenvalue weighted by atomic mass is 9.69. The van der Waals surface area contributed by atoms with Crippen molar-refractivity contribution in [2.24, 2.45) is 11.8 Å². The number of phenolic OH excluding ortho intramolecular Hbond substituents is 1. The number of phenols is 1. The van der Waals surface area contributed by atoms with Crippen molar-refractivity contribution in [3.8, 4) is 11.5 Å². The number of carbonyl (C=O) groups excluding carboxylic acids is 3. The predicted octanol–water partition coefficient (Wildman–Crippen LogP) is 2.58. The lowest BCUT2D eigenvalue weighted by Gasteiger charge is -2.38. The van der Waals surface area contributed by atoms with Crippen LogP contribution in [0, 0.1) is 11.8 Å². The number of hydrogen-bond donors (Lipinski definition) is 2. The van der Waals surface area contributed by atoms with Gasteiger partial charge in [0.2, 0.25) is 0 Å². The van der Waals surface area contributed by atoms with Crippen LogP contribution in [0.1, 0.15) is 38.7 Å². The van der Waals surface area contributed by atoms with Gasteiger partial charge in [-0.2, -0.15) is 0 Å². The molecule has 8 heteroatoms. The van der Waals surface area contributed by atoms with E-state index in [9.17, 15) is 19.5 Å². The number of ketones is 1. The molecular formula is C23H27NO7. The van der Waals surface area contributed by atoms with Gasteiger partial charge in [0.15, 0.2) is 17.3 Å². The summed E-state index contributed by atoms with van der Waals surface area (Å²) in [5.41, 5.74) is 2.31. The Morgan fingerprint density at radius 2 is 1.97 bits per heavy atom. The van der Waals surface area contributed by atoms with Crippen LogP contribution < -0.4 is 10.1 Å². The summed E-state index contributed by atoms with van der Waals surface area (Å²) in [6.45, 7) is 5.43. The molecule has 1 heterocycles. The minimum atomic E-state index is -0.971. The number of dihydropyridines is 1. The highest BCUT2D eigenvalue weighted by Crippen LogP contribution is 2.46. The molecule has 0 radical (unpaired) electrons. The van der Waals surface area contributed by atoms with Gasteiger partial charge in [0.1, 0.15) is 5.92 Å². The molecule has 1 aromatic rings. The average Bonchev–Trinajstić information content (AvgIpc) is 2.72. The Morgan fingerprint density at radius 1 is 1.26 bits per heavy atom. The fourth-order valence-electron chi connectivity index (χ4n) is 4.38.